The lowest BCUT2D eigenvalue weighted by Gasteiger charge is -2.19. The fourth-order valence-corrected chi connectivity index (χ4v) is 1.95. The number of phenolic OH excluding ortho intramolecular Hbond substituents is 1. The molecule has 0 bridgehead atoms. The third kappa shape index (κ3) is 2.71. The summed E-state index contributed by atoms with van der Waals surface area (Å²) in [5, 5.41) is 12.4. The molecule has 2 rings (SSSR count). The number of rotatable bonds is 4. The van der Waals surface area contributed by atoms with Crippen molar-refractivity contribution in [1.29, 1.82) is 0 Å². The summed E-state index contributed by atoms with van der Waals surface area (Å²) in [7, 11) is 0. The van der Waals surface area contributed by atoms with Crippen molar-refractivity contribution in [2.45, 2.75) is 25.9 Å². The maximum atomic E-state index is 13.7. The van der Waals surface area contributed by atoms with Gasteiger partial charge in [0.15, 0.2) is 0 Å². The third-order valence-electron chi connectivity index (χ3n) is 2.92. The molecule has 1 heterocycles. The van der Waals surface area contributed by atoms with Crippen LogP contribution >= 0.6 is 0 Å². The fraction of sp³-hybridized carbons (Fsp3) is 0.286. The molecular weight excluding hydrogens is 233 g/mol. The van der Waals surface area contributed by atoms with Crippen molar-refractivity contribution in [2.75, 3.05) is 0 Å². The highest BCUT2D eigenvalue weighted by Gasteiger charge is 2.16. The first-order chi connectivity index (χ1) is 8.58. The van der Waals surface area contributed by atoms with Gasteiger partial charge < -0.3 is 14.8 Å². The second-order valence-corrected chi connectivity index (χ2v) is 4.33. The van der Waals surface area contributed by atoms with Crippen molar-refractivity contribution in [3.05, 3.63) is 53.7 Å². The van der Waals surface area contributed by atoms with Crippen LogP contribution in [0.25, 0.3) is 0 Å². The minimum Gasteiger partial charge on any atom is -0.508 e. The minimum atomic E-state index is -0.415. The van der Waals surface area contributed by atoms with E-state index in [-0.39, 0.29) is 17.8 Å². The predicted octanol–water partition coefficient (Wildman–Crippen LogP) is 3.54. The Balaban J connectivity index is 2.10. The lowest BCUT2D eigenvalue weighted by Crippen LogP contribution is -2.22. The number of phenols is 1. The maximum absolute atomic E-state index is 13.7. The van der Waals surface area contributed by atoms with E-state index in [9.17, 15) is 9.50 Å². The molecule has 0 saturated heterocycles. The van der Waals surface area contributed by atoms with Crippen LogP contribution in [0.15, 0.2) is 41.0 Å². The number of benzene rings is 1. The van der Waals surface area contributed by atoms with Gasteiger partial charge in [0.1, 0.15) is 17.3 Å². The Morgan fingerprint density at radius 1 is 1.22 bits per heavy atom. The molecule has 0 saturated carbocycles. The number of hydrogen-bond acceptors (Lipinski definition) is 3. The van der Waals surface area contributed by atoms with E-state index in [2.05, 4.69) is 5.32 Å². The summed E-state index contributed by atoms with van der Waals surface area (Å²) < 4.78 is 19.0. The molecule has 1 aromatic carbocycles. The zero-order valence-corrected chi connectivity index (χ0v) is 10.4. The Kier molecular flexibility index (Phi) is 3.67. The Bertz CT molecular complexity index is 511. The van der Waals surface area contributed by atoms with Gasteiger partial charge in [-0.15, -0.1) is 0 Å². The van der Waals surface area contributed by atoms with E-state index in [1.165, 1.54) is 6.07 Å². The topological polar surface area (TPSA) is 45.4 Å². The van der Waals surface area contributed by atoms with Gasteiger partial charge in [-0.25, -0.2) is 4.39 Å². The number of hydrogen-bond donors (Lipinski definition) is 2. The summed E-state index contributed by atoms with van der Waals surface area (Å²) in [6.07, 6.45) is 1.61. The molecule has 4 heteroatoms. The Morgan fingerprint density at radius 2 is 2.00 bits per heavy atom. The van der Waals surface area contributed by atoms with Crippen LogP contribution < -0.4 is 5.32 Å². The van der Waals surface area contributed by atoms with Crippen molar-refractivity contribution in [3.63, 3.8) is 0 Å². The van der Waals surface area contributed by atoms with E-state index in [0.29, 0.717) is 5.56 Å². The molecule has 0 aliphatic heterocycles. The monoisotopic (exact) mass is 249 g/mol. The van der Waals surface area contributed by atoms with Gasteiger partial charge in [-0.05, 0) is 32.0 Å². The normalized spacial score (nSPS) is 14.4. The standard InChI is InChI=1S/C14H16FNO2/c1-9(12-6-5-11(17)8-13(12)15)16-10(2)14-4-3-7-18-14/h3-10,16-17H,1-2H3. The summed E-state index contributed by atoms with van der Waals surface area (Å²) in [5.74, 6) is 0.324. The Labute approximate surface area is 105 Å². The Hall–Kier alpha value is -1.81. The van der Waals surface area contributed by atoms with Gasteiger partial charge in [-0.2, -0.15) is 0 Å². The molecule has 0 fully saturated rings. The highest BCUT2D eigenvalue weighted by molar-refractivity contribution is 5.29. The van der Waals surface area contributed by atoms with Gasteiger partial charge >= 0.3 is 0 Å². The van der Waals surface area contributed by atoms with Crippen LogP contribution in [0.4, 0.5) is 4.39 Å². The highest BCUT2D eigenvalue weighted by Crippen LogP contribution is 2.24. The molecule has 0 radical (unpaired) electrons. The fourth-order valence-electron chi connectivity index (χ4n) is 1.95. The van der Waals surface area contributed by atoms with E-state index >= 15 is 0 Å². The van der Waals surface area contributed by atoms with Crippen LogP contribution in [0.1, 0.15) is 37.3 Å². The molecule has 2 aromatic rings. The molecule has 1 aromatic heterocycles. The first-order valence-corrected chi connectivity index (χ1v) is 5.86. The molecule has 96 valence electrons. The van der Waals surface area contributed by atoms with Crippen LogP contribution in [0.2, 0.25) is 0 Å². The number of halogens is 1. The van der Waals surface area contributed by atoms with E-state index in [1.54, 1.807) is 12.3 Å². The number of furan rings is 1. The SMILES string of the molecule is CC(NC(C)c1ccc(O)cc1F)c1ccco1. The molecule has 0 amide bonds. The van der Waals surface area contributed by atoms with Crippen LogP contribution in [0.5, 0.6) is 5.75 Å². The zero-order valence-electron chi connectivity index (χ0n) is 10.4. The summed E-state index contributed by atoms with van der Waals surface area (Å²) in [6.45, 7) is 3.82. The van der Waals surface area contributed by atoms with Crippen molar-refractivity contribution >= 4 is 0 Å². The summed E-state index contributed by atoms with van der Waals surface area (Å²) >= 11 is 0. The average Bonchev–Trinajstić information content (AvgIpc) is 2.81. The third-order valence-corrected chi connectivity index (χ3v) is 2.92. The molecule has 0 aliphatic carbocycles. The average molecular weight is 249 g/mol. The zero-order chi connectivity index (χ0) is 13.1. The van der Waals surface area contributed by atoms with Gasteiger partial charge in [0, 0.05) is 17.7 Å². The minimum absolute atomic E-state index is 0.0109. The van der Waals surface area contributed by atoms with Crippen molar-refractivity contribution in [2.24, 2.45) is 0 Å². The van der Waals surface area contributed by atoms with Crippen molar-refractivity contribution in [1.82, 2.24) is 5.32 Å². The summed E-state index contributed by atoms with van der Waals surface area (Å²) in [6, 6.07) is 7.68. The van der Waals surface area contributed by atoms with Gasteiger partial charge in [0.2, 0.25) is 0 Å². The van der Waals surface area contributed by atoms with Crippen LogP contribution in [-0.4, -0.2) is 5.11 Å². The van der Waals surface area contributed by atoms with E-state index in [4.69, 9.17) is 4.42 Å². The largest absolute Gasteiger partial charge is 0.508 e. The van der Waals surface area contributed by atoms with Crippen LogP contribution in [0.3, 0.4) is 0 Å². The van der Waals surface area contributed by atoms with Gasteiger partial charge in [0.05, 0.1) is 12.3 Å². The highest BCUT2D eigenvalue weighted by atomic mass is 19.1. The van der Waals surface area contributed by atoms with Crippen molar-refractivity contribution < 1.29 is 13.9 Å². The van der Waals surface area contributed by atoms with Crippen LogP contribution in [-0.2, 0) is 0 Å². The molecule has 2 N–H and O–H groups in total. The second kappa shape index (κ2) is 5.23. The molecule has 0 aliphatic rings. The molecule has 0 spiro atoms. The Morgan fingerprint density at radius 3 is 2.61 bits per heavy atom. The summed E-state index contributed by atoms with van der Waals surface area (Å²) in [4.78, 5) is 0. The van der Waals surface area contributed by atoms with Crippen molar-refractivity contribution in [3.8, 4) is 5.75 Å². The van der Waals surface area contributed by atoms with E-state index in [1.807, 2.05) is 26.0 Å². The molecule has 18 heavy (non-hydrogen) atoms. The number of aromatic hydroxyl groups is 1. The lowest BCUT2D eigenvalue weighted by atomic mass is 10.1. The van der Waals surface area contributed by atoms with Crippen LogP contribution in [0, 0.1) is 5.82 Å². The lowest BCUT2D eigenvalue weighted by molar-refractivity contribution is 0.396. The van der Waals surface area contributed by atoms with Gasteiger partial charge in [0.25, 0.3) is 0 Å². The second-order valence-electron chi connectivity index (χ2n) is 4.33. The first kappa shape index (κ1) is 12.6. The quantitative estimate of drug-likeness (QED) is 0.871. The smallest absolute Gasteiger partial charge is 0.131 e. The van der Waals surface area contributed by atoms with Gasteiger partial charge in [-0.3, -0.25) is 0 Å². The predicted molar refractivity (Wildman–Crippen MR) is 66.7 cm³/mol. The molecular formula is C14H16FNO2. The number of nitrogens with one attached hydrogen (secondary N) is 1. The summed E-state index contributed by atoms with van der Waals surface area (Å²) in [5.41, 5.74) is 0.520. The molecule has 2 unspecified atom stereocenters. The van der Waals surface area contributed by atoms with E-state index < -0.39 is 5.82 Å². The first-order valence-electron chi connectivity index (χ1n) is 5.86. The maximum Gasteiger partial charge on any atom is 0.131 e. The van der Waals surface area contributed by atoms with Gasteiger partial charge in [-0.1, -0.05) is 6.07 Å². The van der Waals surface area contributed by atoms with E-state index in [0.717, 1.165) is 11.8 Å². The molecule has 3 nitrogen and oxygen atoms in total. The molecule has 2 atom stereocenters.